The molecule has 1 aromatic rings. The van der Waals surface area contributed by atoms with Gasteiger partial charge in [0.25, 0.3) is 0 Å². The largest absolute Gasteiger partial charge is 0.356 e. The molecule has 2 rings (SSSR count). The number of aromatic nitrogens is 1. The van der Waals surface area contributed by atoms with Crippen LogP contribution in [0.4, 0.5) is 10.2 Å². The van der Waals surface area contributed by atoms with Gasteiger partial charge in [0.05, 0.1) is 6.20 Å². The number of nitrogens with two attached hydrogens (primary N) is 1. The van der Waals surface area contributed by atoms with Crippen molar-refractivity contribution in [3.05, 3.63) is 24.1 Å². The quantitative estimate of drug-likeness (QED) is 0.849. The zero-order valence-corrected chi connectivity index (χ0v) is 9.56. The van der Waals surface area contributed by atoms with Crippen LogP contribution in [0.25, 0.3) is 0 Å². The van der Waals surface area contributed by atoms with Gasteiger partial charge in [-0.3, -0.25) is 0 Å². The maximum absolute atomic E-state index is 12.8. The fraction of sp³-hybridized carbons (Fsp3) is 0.583. The van der Waals surface area contributed by atoms with Crippen molar-refractivity contribution in [3.63, 3.8) is 0 Å². The smallest absolute Gasteiger partial charge is 0.141 e. The summed E-state index contributed by atoms with van der Waals surface area (Å²) in [6.07, 6.45) is 4.82. The third-order valence-electron chi connectivity index (χ3n) is 3.49. The number of rotatable bonds is 3. The molecule has 1 aromatic heterocycles. The van der Waals surface area contributed by atoms with E-state index in [1.807, 2.05) is 7.05 Å². The molecular formula is C12H18FN3. The molecule has 2 N–H and O–H groups in total. The number of nitrogens with zero attached hydrogens (tertiary/aromatic N) is 2. The Morgan fingerprint density at radius 3 is 2.94 bits per heavy atom. The van der Waals surface area contributed by atoms with Gasteiger partial charge in [0.1, 0.15) is 11.6 Å². The standard InChI is InChI=1S/C12H18FN3/c1-16(11-4-2-3-9(11)7-14)12-6-5-10(13)8-15-12/h5-6,8-9,11H,2-4,7,14H2,1H3. The van der Waals surface area contributed by atoms with Gasteiger partial charge in [0, 0.05) is 13.1 Å². The molecule has 0 aromatic carbocycles. The van der Waals surface area contributed by atoms with E-state index in [0.29, 0.717) is 12.0 Å². The number of hydrogen-bond acceptors (Lipinski definition) is 3. The first-order valence-electron chi connectivity index (χ1n) is 5.77. The van der Waals surface area contributed by atoms with E-state index in [9.17, 15) is 4.39 Å². The zero-order valence-electron chi connectivity index (χ0n) is 9.56. The lowest BCUT2D eigenvalue weighted by atomic mass is 10.0. The molecule has 0 amide bonds. The molecule has 0 radical (unpaired) electrons. The summed E-state index contributed by atoms with van der Waals surface area (Å²) >= 11 is 0. The molecule has 16 heavy (non-hydrogen) atoms. The second kappa shape index (κ2) is 4.78. The Morgan fingerprint density at radius 2 is 2.31 bits per heavy atom. The van der Waals surface area contributed by atoms with Crippen LogP contribution in [-0.4, -0.2) is 24.6 Å². The molecule has 1 aliphatic carbocycles. The molecule has 1 heterocycles. The van der Waals surface area contributed by atoms with Crippen molar-refractivity contribution in [3.8, 4) is 0 Å². The van der Waals surface area contributed by atoms with E-state index < -0.39 is 0 Å². The molecule has 1 fully saturated rings. The second-order valence-electron chi connectivity index (χ2n) is 4.44. The van der Waals surface area contributed by atoms with Gasteiger partial charge in [0.2, 0.25) is 0 Å². The summed E-state index contributed by atoms with van der Waals surface area (Å²) < 4.78 is 12.8. The van der Waals surface area contributed by atoms with Gasteiger partial charge < -0.3 is 10.6 Å². The van der Waals surface area contributed by atoms with E-state index >= 15 is 0 Å². The average Bonchev–Trinajstić information content (AvgIpc) is 2.77. The molecule has 0 aliphatic heterocycles. The fourth-order valence-corrected chi connectivity index (χ4v) is 2.55. The summed E-state index contributed by atoms with van der Waals surface area (Å²) in [6, 6.07) is 3.62. The third-order valence-corrected chi connectivity index (χ3v) is 3.49. The number of hydrogen-bond donors (Lipinski definition) is 1. The van der Waals surface area contributed by atoms with Crippen molar-refractivity contribution in [1.82, 2.24) is 4.98 Å². The maximum atomic E-state index is 12.8. The lowest BCUT2D eigenvalue weighted by molar-refractivity contribution is 0.471. The molecular weight excluding hydrogens is 205 g/mol. The van der Waals surface area contributed by atoms with E-state index in [1.165, 1.54) is 25.1 Å². The van der Waals surface area contributed by atoms with Gasteiger partial charge in [-0.05, 0) is 37.4 Å². The van der Waals surface area contributed by atoms with Crippen LogP contribution in [0.1, 0.15) is 19.3 Å². The summed E-state index contributed by atoms with van der Waals surface area (Å²) in [5, 5.41) is 0. The molecule has 3 nitrogen and oxygen atoms in total. The normalized spacial score (nSPS) is 24.7. The van der Waals surface area contributed by atoms with Crippen LogP contribution in [0.2, 0.25) is 0 Å². The van der Waals surface area contributed by atoms with Gasteiger partial charge in [0.15, 0.2) is 0 Å². The van der Waals surface area contributed by atoms with Crippen LogP contribution in [0.3, 0.4) is 0 Å². The van der Waals surface area contributed by atoms with E-state index in [2.05, 4.69) is 9.88 Å². The highest BCUT2D eigenvalue weighted by Crippen LogP contribution is 2.30. The maximum Gasteiger partial charge on any atom is 0.141 e. The molecule has 2 unspecified atom stereocenters. The molecule has 2 atom stereocenters. The number of pyridine rings is 1. The minimum absolute atomic E-state index is 0.293. The Bertz CT molecular complexity index is 339. The van der Waals surface area contributed by atoms with Crippen molar-refractivity contribution >= 4 is 5.82 Å². The van der Waals surface area contributed by atoms with Gasteiger partial charge in [-0.1, -0.05) is 6.42 Å². The molecule has 88 valence electrons. The van der Waals surface area contributed by atoms with Crippen LogP contribution in [-0.2, 0) is 0 Å². The molecule has 0 saturated heterocycles. The average molecular weight is 223 g/mol. The molecule has 1 aliphatic rings. The summed E-state index contributed by atoms with van der Waals surface area (Å²) in [7, 11) is 2.01. The van der Waals surface area contributed by atoms with Crippen LogP contribution in [0.5, 0.6) is 0 Å². The zero-order chi connectivity index (χ0) is 11.5. The van der Waals surface area contributed by atoms with Crippen LogP contribution < -0.4 is 10.6 Å². The summed E-state index contributed by atoms with van der Waals surface area (Å²) in [5.74, 6) is 1.07. The number of anilines is 1. The molecule has 4 heteroatoms. The lowest BCUT2D eigenvalue weighted by Gasteiger charge is -2.30. The van der Waals surface area contributed by atoms with E-state index in [0.717, 1.165) is 18.8 Å². The van der Waals surface area contributed by atoms with Gasteiger partial charge in [-0.15, -0.1) is 0 Å². The first-order chi connectivity index (χ1) is 7.72. The van der Waals surface area contributed by atoms with Crippen LogP contribution in [0, 0.1) is 11.7 Å². The Hall–Kier alpha value is -1.16. The first-order valence-corrected chi connectivity index (χ1v) is 5.77. The Balaban J connectivity index is 2.12. The minimum atomic E-state index is -0.293. The van der Waals surface area contributed by atoms with Crippen LogP contribution in [0.15, 0.2) is 18.3 Å². The Labute approximate surface area is 95.5 Å². The van der Waals surface area contributed by atoms with Crippen molar-refractivity contribution in [2.75, 3.05) is 18.5 Å². The molecule has 0 spiro atoms. The highest BCUT2D eigenvalue weighted by Gasteiger charge is 2.29. The second-order valence-corrected chi connectivity index (χ2v) is 4.44. The Morgan fingerprint density at radius 1 is 1.50 bits per heavy atom. The van der Waals surface area contributed by atoms with E-state index in [1.54, 1.807) is 6.07 Å². The summed E-state index contributed by atoms with van der Waals surface area (Å²) in [5.41, 5.74) is 5.76. The van der Waals surface area contributed by atoms with Crippen molar-refractivity contribution in [2.24, 2.45) is 11.7 Å². The topological polar surface area (TPSA) is 42.2 Å². The molecule has 1 saturated carbocycles. The van der Waals surface area contributed by atoms with Crippen molar-refractivity contribution in [2.45, 2.75) is 25.3 Å². The lowest BCUT2D eigenvalue weighted by Crippen LogP contribution is -2.38. The third kappa shape index (κ3) is 2.16. The predicted molar refractivity (Wildman–Crippen MR) is 62.8 cm³/mol. The van der Waals surface area contributed by atoms with Crippen LogP contribution >= 0.6 is 0 Å². The van der Waals surface area contributed by atoms with Gasteiger partial charge in [-0.2, -0.15) is 0 Å². The fourth-order valence-electron chi connectivity index (χ4n) is 2.55. The van der Waals surface area contributed by atoms with E-state index in [-0.39, 0.29) is 5.82 Å². The molecule has 0 bridgehead atoms. The predicted octanol–water partition coefficient (Wildman–Crippen LogP) is 1.78. The Kier molecular flexibility index (Phi) is 3.39. The number of halogens is 1. The van der Waals surface area contributed by atoms with Crippen molar-refractivity contribution < 1.29 is 4.39 Å². The highest BCUT2D eigenvalue weighted by molar-refractivity contribution is 5.38. The monoisotopic (exact) mass is 223 g/mol. The van der Waals surface area contributed by atoms with E-state index in [4.69, 9.17) is 5.73 Å². The summed E-state index contributed by atoms with van der Waals surface area (Å²) in [4.78, 5) is 6.23. The summed E-state index contributed by atoms with van der Waals surface area (Å²) in [6.45, 7) is 0.718. The van der Waals surface area contributed by atoms with Crippen molar-refractivity contribution in [1.29, 1.82) is 0 Å². The van der Waals surface area contributed by atoms with Gasteiger partial charge >= 0.3 is 0 Å². The van der Waals surface area contributed by atoms with Gasteiger partial charge in [-0.25, -0.2) is 9.37 Å². The first kappa shape index (κ1) is 11.3. The minimum Gasteiger partial charge on any atom is -0.356 e. The highest BCUT2D eigenvalue weighted by atomic mass is 19.1. The SMILES string of the molecule is CN(c1ccc(F)cn1)C1CCCC1CN.